The lowest BCUT2D eigenvalue weighted by Gasteiger charge is -2.41. The number of H-pyrrole nitrogens is 1. The monoisotopic (exact) mass is 502 g/mol. The number of nitrogens with two attached hydrogens (primary N) is 1. The molecule has 194 valence electrons. The van der Waals surface area contributed by atoms with E-state index in [4.69, 9.17) is 15.2 Å². The minimum atomic E-state index is -0.941. The maximum atomic E-state index is 12.3. The standard InChI is InChI=1S/C29H34N4O4/c1-16(2)29(23(14-30)25(31)36-26-24(29)17(3)32-33-26)22-12-18(9-20(13-22)15-34)7-8-19-10-21(11-19)27(35)37-28(4,5)6/h9,12-13,16,19,21,34H,10-11,15,31H2,1-6H3,(H,32,33). The highest BCUT2D eigenvalue weighted by molar-refractivity contribution is 5.74. The second-order valence-electron chi connectivity index (χ2n) is 11.2. The molecule has 2 aliphatic rings. The Kier molecular flexibility index (Phi) is 6.83. The van der Waals surface area contributed by atoms with E-state index in [0.29, 0.717) is 35.4 Å². The highest BCUT2D eigenvalue weighted by Gasteiger charge is 2.50. The van der Waals surface area contributed by atoms with Gasteiger partial charge in [-0.15, -0.1) is 5.10 Å². The predicted molar refractivity (Wildman–Crippen MR) is 138 cm³/mol. The van der Waals surface area contributed by atoms with Gasteiger partial charge in [0.1, 0.15) is 17.2 Å². The van der Waals surface area contributed by atoms with Crippen molar-refractivity contribution >= 4 is 5.97 Å². The quantitative estimate of drug-likeness (QED) is 0.425. The minimum absolute atomic E-state index is 0.0138. The van der Waals surface area contributed by atoms with Crippen molar-refractivity contribution in [3.63, 3.8) is 0 Å². The lowest BCUT2D eigenvalue weighted by atomic mass is 9.61. The number of carbonyl (C=O) groups excluding carboxylic acids is 1. The number of hydrogen-bond acceptors (Lipinski definition) is 7. The fourth-order valence-corrected chi connectivity index (χ4v) is 5.34. The number of hydrogen-bond donors (Lipinski definition) is 3. The van der Waals surface area contributed by atoms with Crippen LogP contribution in [-0.2, 0) is 21.6 Å². The average Bonchev–Trinajstić information content (AvgIpc) is 3.15. The molecular formula is C29H34N4O4. The van der Waals surface area contributed by atoms with Crippen LogP contribution in [0.15, 0.2) is 29.7 Å². The molecule has 4 rings (SSSR count). The Morgan fingerprint density at radius 2 is 2.05 bits per heavy atom. The van der Waals surface area contributed by atoms with Gasteiger partial charge in [-0.1, -0.05) is 31.8 Å². The van der Waals surface area contributed by atoms with Crippen LogP contribution in [0, 0.1) is 47.8 Å². The third-order valence-electron chi connectivity index (χ3n) is 7.06. The maximum Gasteiger partial charge on any atom is 0.309 e. The molecule has 8 nitrogen and oxygen atoms in total. The summed E-state index contributed by atoms with van der Waals surface area (Å²) in [5.41, 5.74) is 8.79. The van der Waals surface area contributed by atoms with Crippen molar-refractivity contribution in [3.05, 3.63) is 57.6 Å². The molecule has 2 aromatic rings. The number of aromatic nitrogens is 2. The smallest absolute Gasteiger partial charge is 0.309 e. The van der Waals surface area contributed by atoms with Gasteiger partial charge >= 0.3 is 5.97 Å². The number of nitrogens with one attached hydrogen (secondary N) is 1. The topological polar surface area (TPSA) is 134 Å². The highest BCUT2D eigenvalue weighted by Crippen LogP contribution is 2.52. The summed E-state index contributed by atoms with van der Waals surface area (Å²) < 4.78 is 11.2. The fraction of sp³-hybridized carbons (Fsp3) is 0.483. The molecule has 1 unspecified atom stereocenters. The van der Waals surface area contributed by atoms with Crippen molar-refractivity contribution in [3.8, 4) is 23.8 Å². The number of fused-ring (bicyclic) bond motifs is 1. The van der Waals surface area contributed by atoms with E-state index in [0.717, 1.165) is 16.8 Å². The van der Waals surface area contributed by atoms with Crippen LogP contribution in [0.1, 0.15) is 75.4 Å². The Hall–Kier alpha value is -3.75. The van der Waals surface area contributed by atoms with E-state index in [1.807, 2.05) is 59.7 Å². The normalized spacial score (nSPS) is 22.8. The average molecular weight is 503 g/mol. The van der Waals surface area contributed by atoms with Crippen molar-refractivity contribution in [1.29, 1.82) is 5.26 Å². The Labute approximate surface area is 217 Å². The van der Waals surface area contributed by atoms with Crippen LogP contribution in [0.3, 0.4) is 0 Å². The number of allylic oxidation sites excluding steroid dienone is 1. The molecule has 8 heteroatoms. The van der Waals surface area contributed by atoms with Gasteiger partial charge < -0.3 is 20.3 Å². The predicted octanol–water partition coefficient (Wildman–Crippen LogP) is 3.96. The van der Waals surface area contributed by atoms with E-state index in [1.165, 1.54) is 0 Å². The molecule has 1 aromatic carbocycles. The van der Waals surface area contributed by atoms with Gasteiger partial charge in [0.15, 0.2) is 0 Å². The lowest BCUT2D eigenvalue weighted by molar-refractivity contribution is -0.164. The van der Waals surface area contributed by atoms with Gasteiger partial charge in [0.05, 0.1) is 23.5 Å². The Bertz CT molecular complexity index is 1360. The van der Waals surface area contributed by atoms with Gasteiger partial charge in [-0.25, -0.2) is 0 Å². The molecular weight excluding hydrogens is 468 g/mol. The summed E-state index contributed by atoms with van der Waals surface area (Å²) >= 11 is 0. The number of benzene rings is 1. The summed E-state index contributed by atoms with van der Waals surface area (Å²) in [5.74, 6) is 6.57. The number of nitriles is 1. The summed E-state index contributed by atoms with van der Waals surface area (Å²) in [6, 6.07) is 7.96. The summed E-state index contributed by atoms with van der Waals surface area (Å²) in [6.07, 6.45) is 1.33. The molecule has 4 N–H and O–H groups in total. The summed E-state index contributed by atoms with van der Waals surface area (Å²) in [7, 11) is 0. The molecule has 2 heterocycles. The van der Waals surface area contributed by atoms with Gasteiger partial charge in [0, 0.05) is 17.2 Å². The fourth-order valence-electron chi connectivity index (χ4n) is 5.34. The zero-order valence-corrected chi connectivity index (χ0v) is 22.2. The van der Waals surface area contributed by atoms with Gasteiger partial charge in [-0.3, -0.25) is 9.89 Å². The van der Waals surface area contributed by atoms with Crippen LogP contribution in [-0.4, -0.2) is 26.9 Å². The first-order valence-corrected chi connectivity index (χ1v) is 12.5. The molecule has 0 saturated heterocycles. The number of aryl methyl sites for hydroxylation is 1. The van der Waals surface area contributed by atoms with Crippen LogP contribution < -0.4 is 10.5 Å². The number of aliphatic hydroxyl groups is 1. The van der Waals surface area contributed by atoms with Crippen molar-refractivity contribution in [2.45, 2.75) is 72.0 Å². The third-order valence-corrected chi connectivity index (χ3v) is 7.06. The van der Waals surface area contributed by atoms with E-state index >= 15 is 0 Å². The lowest BCUT2D eigenvalue weighted by Crippen LogP contribution is -2.41. The number of nitrogens with zero attached hydrogens (tertiary/aromatic N) is 2. The molecule has 0 amide bonds. The number of ether oxygens (including phenoxy) is 2. The molecule has 0 bridgehead atoms. The second kappa shape index (κ2) is 9.61. The van der Waals surface area contributed by atoms with E-state index < -0.39 is 11.0 Å². The number of aliphatic hydroxyl groups excluding tert-OH is 1. The molecule has 1 aliphatic carbocycles. The maximum absolute atomic E-state index is 12.3. The van der Waals surface area contributed by atoms with Gasteiger partial charge in [-0.2, -0.15) is 5.26 Å². The third kappa shape index (κ3) is 4.70. The minimum Gasteiger partial charge on any atom is -0.460 e. The van der Waals surface area contributed by atoms with Crippen LogP contribution >= 0.6 is 0 Å². The zero-order valence-electron chi connectivity index (χ0n) is 22.2. The van der Waals surface area contributed by atoms with E-state index in [9.17, 15) is 15.2 Å². The van der Waals surface area contributed by atoms with Gasteiger partial charge in [0.25, 0.3) is 0 Å². The van der Waals surface area contributed by atoms with Crippen molar-refractivity contribution in [1.82, 2.24) is 10.2 Å². The molecule has 1 saturated carbocycles. The number of rotatable bonds is 4. The van der Waals surface area contributed by atoms with E-state index in [-0.39, 0.29) is 36.2 Å². The largest absolute Gasteiger partial charge is 0.460 e. The molecule has 1 fully saturated rings. The summed E-state index contributed by atoms with van der Waals surface area (Å²) in [4.78, 5) is 12.3. The van der Waals surface area contributed by atoms with Gasteiger partial charge in [-0.05, 0) is 69.7 Å². The van der Waals surface area contributed by atoms with E-state index in [2.05, 4.69) is 28.1 Å². The van der Waals surface area contributed by atoms with E-state index in [1.54, 1.807) is 0 Å². The van der Waals surface area contributed by atoms with Crippen LogP contribution in [0.4, 0.5) is 0 Å². The van der Waals surface area contributed by atoms with Crippen LogP contribution in [0.2, 0.25) is 0 Å². The summed E-state index contributed by atoms with van der Waals surface area (Å²) in [5, 5.41) is 27.5. The highest BCUT2D eigenvalue weighted by atomic mass is 16.6. The number of aromatic amines is 1. The molecule has 1 aromatic heterocycles. The molecule has 1 aliphatic heterocycles. The molecule has 0 spiro atoms. The van der Waals surface area contributed by atoms with Crippen LogP contribution in [0.25, 0.3) is 0 Å². The first kappa shape index (κ1) is 26.3. The van der Waals surface area contributed by atoms with Gasteiger partial charge in [0.2, 0.25) is 11.8 Å². The second-order valence-corrected chi connectivity index (χ2v) is 11.2. The summed E-state index contributed by atoms with van der Waals surface area (Å²) in [6.45, 7) is 11.3. The first-order chi connectivity index (χ1) is 17.4. The first-order valence-electron chi connectivity index (χ1n) is 12.5. The van der Waals surface area contributed by atoms with Crippen molar-refractivity contribution < 1.29 is 19.4 Å². The number of esters is 1. The number of carbonyl (C=O) groups is 1. The SMILES string of the molecule is Cc1[nH]nc2c1C(c1cc(C#CC3CC(C(=O)OC(C)(C)C)C3)cc(CO)c1)(C(C)C)C(C#N)=C(N)O2. The Morgan fingerprint density at radius 1 is 1.35 bits per heavy atom. The Balaban J connectivity index is 1.73. The van der Waals surface area contributed by atoms with Crippen molar-refractivity contribution in [2.75, 3.05) is 0 Å². The molecule has 37 heavy (non-hydrogen) atoms. The zero-order chi connectivity index (χ0) is 27.1. The molecule has 0 radical (unpaired) electrons. The Morgan fingerprint density at radius 3 is 2.65 bits per heavy atom. The molecule has 1 atom stereocenters. The van der Waals surface area contributed by atoms with Crippen LogP contribution in [0.5, 0.6) is 5.88 Å². The van der Waals surface area contributed by atoms with Crippen molar-refractivity contribution in [2.24, 2.45) is 23.5 Å².